The van der Waals surface area contributed by atoms with E-state index in [-0.39, 0.29) is 0 Å². The third kappa shape index (κ3) is 4.11. The maximum absolute atomic E-state index is 5.74. The largest absolute Gasteiger partial charge is 0.397 e. The van der Waals surface area contributed by atoms with E-state index < -0.39 is 0 Å². The first-order chi connectivity index (χ1) is 7.63. The monoisotopic (exact) mass is 221 g/mol. The van der Waals surface area contributed by atoms with Crippen LogP contribution in [0, 0.1) is 5.92 Å². The quantitative estimate of drug-likeness (QED) is 0.510. The van der Waals surface area contributed by atoms with E-state index in [0.717, 1.165) is 19.0 Å². The first kappa shape index (κ1) is 12.8. The summed E-state index contributed by atoms with van der Waals surface area (Å²) in [6, 6.07) is 5.81. The lowest BCUT2D eigenvalue weighted by molar-refractivity contribution is 0.488. The highest BCUT2D eigenvalue weighted by Gasteiger charge is 1.99. The maximum atomic E-state index is 5.74. The second-order valence-electron chi connectivity index (χ2n) is 4.44. The van der Waals surface area contributed by atoms with Gasteiger partial charge in [-0.15, -0.1) is 0 Å². The number of nitrogen functional groups attached to an aromatic ring is 2. The summed E-state index contributed by atoms with van der Waals surface area (Å²) < 4.78 is 0. The van der Waals surface area contributed by atoms with Crippen LogP contribution in [-0.2, 0) is 6.54 Å². The Balaban J connectivity index is 2.29. The molecule has 3 heteroatoms. The van der Waals surface area contributed by atoms with Crippen molar-refractivity contribution in [2.45, 2.75) is 33.2 Å². The van der Waals surface area contributed by atoms with Gasteiger partial charge in [-0.25, -0.2) is 0 Å². The third-order valence-electron chi connectivity index (χ3n) is 2.99. The van der Waals surface area contributed by atoms with Crippen LogP contribution in [0.5, 0.6) is 0 Å². The van der Waals surface area contributed by atoms with E-state index in [1.165, 1.54) is 18.4 Å². The molecule has 0 amide bonds. The number of nitrogens with two attached hydrogens (primary N) is 2. The highest BCUT2D eigenvalue weighted by Crippen LogP contribution is 2.15. The number of hydrogen-bond donors (Lipinski definition) is 3. The smallest absolute Gasteiger partial charge is 0.0551 e. The molecule has 0 aliphatic heterocycles. The van der Waals surface area contributed by atoms with E-state index in [0.29, 0.717) is 11.4 Å². The highest BCUT2D eigenvalue weighted by atomic mass is 14.8. The van der Waals surface area contributed by atoms with Crippen LogP contribution < -0.4 is 16.8 Å². The van der Waals surface area contributed by atoms with Crippen molar-refractivity contribution in [3.05, 3.63) is 23.8 Å². The second kappa shape index (κ2) is 6.38. The van der Waals surface area contributed by atoms with Gasteiger partial charge in [0.05, 0.1) is 11.4 Å². The van der Waals surface area contributed by atoms with Gasteiger partial charge in [0, 0.05) is 6.54 Å². The Labute approximate surface area is 98.2 Å². The maximum Gasteiger partial charge on any atom is 0.0551 e. The Bertz CT molecular complexity index is 323. The summed E-state index contributed by atoms with van der Waals surface area (Å²) >= 11 is 0. The van der Waals surface area contributed by atoms with Gasteiger partial charge in [-0.3, -0.25) is 0 Å². The zero-order chi connectivity index (χ0) is 12.0. The molecule has 0 aliphatic carbocycles. The molecule has 0 bridgehead atoms. The number of hydrogen-bond acceptors (Lipinski definition) is 3. The summed E-state index contributed by atoms with van der Waals surface area (Å²) in [6.07, 6.45) is 2.47. The molecule has 0 aromatic heterocycles. The molecule has 5 N–H and O–H groups in total. The van der Waals surface area contributed by atoms with Crippen molar-refractivity contribution >= 4 is 11.4 Å². The summed E-state index contributed by atoms with van der Waals surface area (Å²) in [5.74, 6) is 0.795. The summed E-state index contributed by atoms with van der Waals surface area (Å²) in [5, 5.41) is 3.42. The molecule has 1 atom stereocenters. The molecule has 16 heavy (non-hydrogen) atoms. The molecule has 0 fully saturated rings. The van der Waals surface area contributed by atoms with Gasteiger partial charge in [-0.2, -0.15) is 0 Å². The minimum Gasteiger partial charge on any atom is -0.397 e. The first-order valence-electron chi connectivity index (χ1n) is 5.98. The van der Waals surface area contributed by atoms with Crippen LogP contribution >= 0.6 is 0 Å². The number of nitrogens with one attached hydrogen (secondary N) is 1. The van der Waals surface area contributed by atoms with Crippen LogP contribution in [0.25, 0.3) is 0 Å². The van der Waals surface area contributed by atoms with Crippen LogP contribution in [0.2, 0.25) is 0 Å². The molecule has 3 nitrogen and oxygen atoms in total. The second-order valence-corrected chi connectivity index (χ2v) is 4.44. The molecule has 0 aliphatic rings. The molecular formula is C13H23N3. The van der Waals surface area contributed by atoms with Crippen LogP contribution in [-0.4, -0.2) is 6.54 Å². The summed E-state index contributed by atoms with van der Waals surface area (Å²) in [4.78, 5) is 0. The van der Waals surface area contributed by atoms with E-state index in [1.54, 1.807) is 0 Å². The molecule has 90 valence electrons. The van der Waals surface area contributed by atoms with Gasteiger partial charge in [-0.1, -0.05) is 26.3 Å². The molecule has 1 aromatic rings. The topological polar surface area (TPSA) is 64.1 Å². The molecule has 0 spiro atoms. The molecular weight excluding hydrogens is 198 g/mol. The highest BCUT2D eigenvalue weighted by molar-refractivity contribution is 5.63. The van der Waals surface area contributed by atoms with E-state index in [4.69, 9.17) is 11.5 Å². The fourth-order valence-electron chi connectivity index (χ4n) is 1.52. The van der Waals surface area contributed by atoms with E-state index >= 15 is 0 Å². The van der Waals surface area contributed by atoms with Gasteiger partial charge in [0.25, 0.3) is 0 Å². The number of rotatable bonds is 6. The Kier molecular flexibility index (Phi) is 5.12. The Hall–Kier alpha value is -1.22. The van der Waals surface area contributed by atoms with Crippen LogP contribution in [0.15, 0.2) is 18.2 Å². The van der Waals surface area contributed by atoms with Crippen LogP contribution in [0.3, 0.4) is 0 Å². The summed E-state index contributed by atoms with van der Waals surface area (Å²) in [6.45, 7) is 6.43. The normalized spacial score (nSPS) is 12.6. The van der Waals surface area contributed by atoms with Crippen LogP contribution in [0.4, 0.5) is 11.4 Å². The van der Waals surface area contributed by atoms with Gasteiger partial charge >= 0.3 is 0 Å². The van der Waals surface area contributed by atoms with Crippen molar-refractivity contribution in [3.8, 4) is 0 Å². The van der Waals surface area contributed by atoms with Gasteiger partial charge in [0.2, 0.25) is 0 Å². The third-order valence-corrected chi connectivity index (χ3v) is 2.99. The number of anilines is 2. The van der Waals surface area contributed by atoms with E-state index in [9.17, 15) is 0 Å². The van der Waals surface area contributed by atoms with Gasteiger partial charge in [0.15, 0.2) is 0 Å². The fourth-order valence-corrected chi connectivity index (χ4v) is 1.52. The standard InChI is InChI=1S/C13H23N3/c1-3-10(2)6-7-16-9-11-4-5-12(14)13(15)8-11/h4-5,8,10,16H,3,6-7,9,14-15H2,1-2H3. The molecule has 1 aromatic carbocycles. The fraction of sp³-hybridized carbons (Fsp3) is 0.538. The lowest BCUT2D eigenvalue weighted by atomic mass is 10.1. The summed E-state index contributed by atoms with van der Waals surface area (Å²) in [5.41, 5.74) is 13.9. The molecule has 1 rings (SSSR count). The predicted octanol–water partition coefficient (Wildman–Crippen LogP) is 2.38. The summed E-state index contributed by atoms with van der Waals surface area (Å²) in [7, 11) is 0. The average Bonchev–Trinajstić information content (AvgIpc) is 2.28. The van der Waals surface area contributed by atoms with E-state index in [1.807, 2.05) is 18.2 Å². The van der Waals surface area contributed by atoms with Gasteiger partial charge in [-0.05, 0) is 36.6 Å². The Morgan fingerprint density at radius 1 is 1.25 bits per heavy atom. The molecule has 0 heterocycles. The lowest BCUT2D eigenvalue weighted by Gasteiger charge is -2.10. The lowest BCUT2D eigenvalue weighted by Crippen LogP contribution is -2.17. The van der Waals surface area contributed by atoms with Crippen molar-refractivity contribution in [1.82, 2.24) is 5.32 Å². The van der Waals surface area contributed by atoms with E-state index in [2.05, 4.69) is 19.2 Å². The van der Waals surface area contributed by atoms with Crippen molar-refractivity contribution in [2.75, 3.05) is 18.0 Å². The van der Waals surface area contributed by atoms with Crippen molar-refractivity contribution in [3.63, 3.8) is 0 Å². The average molecular weight is 221 g/mol. The van der Waals surface area contributed by atoms with Crippen molar-refractivity contribution in [1.29, 1.82) is 0 Å². The zero-order valence-corrected chi connectivity index (χ0v) is 10.3. The van der Waals surface area contributed by atoms with Gasteiger partial charge in [0.1, 0.15) is 0 Å². The van der Waals surface area contributed by atoms with Gasteiger partial charge < -0.3 is 16.8 Å². The Morgan fingerprint density at radius 2 is 2.00 bits per heavy atom. The van der Waals surface area contributed by atoms with Crippen molar-refractivity contribution < 1.29 is 0 Å². The molecule has 1 unspecified atom stereocenters. The predicted molar refractivity (Wildman–Crippen MR) is 71.0 cm³/mol. The molecule has 0 saturated heterocycles. The minimum absolute atomic E-state index is 0.656. The van der Waals surface area contributed by atoms with Crippen molar-refractivity contribution in [2.24, 2.45) is 5.92 Å². The minimum atomic E-state index is 0.656. The molecule has 0 radical (unpaired) electrons. The zero-order valence-electron chi connectivity index (χ0n) is 10.3. The number of benzene rings is 1. The first-order valence-corrected chi connectivity index (χ1v) is 5.98. The molecule has 0 saturated carbocycles. The SMILES string of the molecule is CCC(C)CCNCc1ccc(N)c(N)c1. The Morgan fingerprint density at radius 3 is 2.62 bits per heavy atom. The van der Waals surface area contributed by atoms with Crippen LogP contribution in [0.1, 0.15) is 32.3 Å².